The Morgan fingerprint density at radius 3 is 2.46 bits per heavy atom. The van der Waals surface area contributed by atoms with Crippen LogP contribution in [0.25, 0.3) is 0 Å². The van der Waals surface area contributed by atoms with Crippen molar-refractivity contribution in [1.82, 2.24) is 0 Å². The predicted molar refractivity (Wildman–Crippen MR) is 51.5 cm³/mol. The largest absolute Gasteiger partial charge is 0.491 e. The lowest BCUT2D eigenvalue weighted by molar-refractivity contribution is 0.217. The molecule has 0 bridgehead atoms. The first-order chi connectivity index (χ1) is 6.26. The van der Waals surface area contributed by atoms with Gasteiger partial charge in [0.05, 0.1) is 17.7 Å². The summed E-state index contributed by atoms with van der Waals surface area (Å²) in [5.74, 6) is 0.827. The zero-order valence-corrected chi connectivity index (χ0v) is 7.95. The topological polar surface area (TPSA) is 33.0 Å². The van der Waals surface area contributed by atoms with Crippen LogP contribution in [0, 0.1) is 11.3 Å². The van der Waals surface area contributed by atoms with Gasteiger partial charge in [-0.2, -0.15) is 5.26 Å². The zero-order chi connectivity index (χ0) is 9.68. The Morgan fingerprint density at radius 2 is 2.00 bits per heavy atom. The first kappa shape index (κ1) is 9.60. The molecule has 1 aromatic carbocycles. The fourth-order valence-electron chi connectivity index (χ4n) is 0.924. The molecule has 1 unspecified atom stereocenters. The zero-order valence-electron chi connectivity index (χ0n) is 7.95. The van der Waals surface area contributed by atoms with Crippen LogP contribution in [0.15, 0.2) is 24.3 Å². The highest BCUT2D eigenvalue weighted by atomic mass is 16.5. The van der Waals surface area contributed by atoms with Gasteiger partial charge in [-0.1, -0.05) is 6.92 Å². The summed E-state index contributed by atoms with van der Waals surface area (Å²) in [5, 5.41) is 8.57. The molecule has 0 aromatic heterocycles. The van der Waals surface area contributed by atoms with E-state index in [1.165, 1.54) is 0 Å². The van der Waals surface area contributed by atoms with Crippen LogP contribution in [-0.2, 0) is 0 Å². The minimum absolute atomic E-state index is 0.230. The number of ether oxygens (including phenoxy) is 1. The van der Waals surface area contributed by atoms with Gasteiger partial charge in [-0.05, 0) is 37.6 Å². The molecule has 0 N–H and O–H groups in total. The average Bonchev–Trinajstić information content (AvgIpc) is 2.19. The number of hydrogen-bond acceptors (Lipinski definition) is 2. The lowest BCUT2D eigenvalue weighted by atomic mass is 10.2. The van der Waals surface area contributed by atoms with E-state index < -0.39 is 0 Å². The molecular weight excluding hydrogens is 162 g/mol. The van der Waals surface area contributed by atoms with Gasteiger partial charge in [0, 0.05) is 0 Å². The van der Waals surface area contributed by atoms with Gasteiger partial charge < -0.3 is 4.74 Å². The Morgan fingerprint density at radius 1 is 1.38 bits per heavy atom. The van der Waals surface area contributed by atoms with Crippen molar-refractivity contribution in [2.75, 3.05) is 0 Å². The Hall–Kier alpha value is -1.49. The Labute approximate surface area is 78.8 Å². The molecule has 68 valence electrons. The Balaban J connectivity index is 2.65. The van der Waals surface area contributed by atoms with E-state index in [-0.39, 0.29) is 6.10 Å². The summed E-state index contributed by atoms with van der Waals surface area (Å²) >= 11 is 0. The number of rotatable bonds is 3. The summed E-state index contributed by atoms with van der Waals surface area (Å²) in [6.07, 6.45) is 1.22. The molecule has 0 fully saturated rings. The maximum absolute atomic E-state index is 8.57. The second kappa shape index (κ2) is 4.51. The van der Waals surface area contributed by atoms with Gasteiger partial charge in [0.1, 0.15) is 5.75 Å². The second-order valence-corrected chi connectivity index (χ2v) is 2.97. The van der Waals surface area contributed by atoms with Crippen molar-refractivity contribution in [3.63, 3.8) is 0 Å². The molecule has 2 heteroatoms. The van der Waals surface area contributed by atoms with Crippen LogP contribution < -0.4 is 4.74 Å². The number of benzene rings is 1. The van der Waals surface area contributed by atoms with E-state index in [0.717, 1.165) is 12.2 Å². The molecular formula is C11H13NO. The third-order valence-corrected chi connectivity index (χ3v) is 1.90. The maximum Gasteiger partial charge on any atom is 0.119 e. The van der Waals surface area contributed by atoms with Gasteiger partial charge in [-0.15, -0.1) is 0 Å². The highest BCUT2D eigenvalue weighted by Crippen LogP contribution is 2.14. The molecule has 13 heavy (non-hydrogen) atoms. The molecule has 1 rings (SSSR count). The molecule has 0 heterocycles. The van der Waals surface area contributed by atoms with E-state index in [9.17, 15) is 0 Å². The van der Waals surface area contributed by atoms with Gasteiger partial charge in [-0.3, -0.25) is 0 Å². The summed E-state index contributed by atoms with van der Waals surface area (Å²) in [6.45, 7) is 4.10. The van der Waals surface area contributed by atoms with Crippen LogP contribution in [0.4, 0.5) is 0 Å². The third kappa shape index (κ3) is 2.79. The van der Waals surface area contributed by atoms with Crippen molar-refractivity contribution in [1.29, 1.82) is 5.26 Å². The summed E-state index contributed by atoms with van der Waals surface area (Å²) in [7, 11) is 0. The monoisotopic (exact) mass is 175 g/mol. The maximum atomic E-state index is 8.57. The SMILES string of the molecule is CCC(C)Oc1ccc(C#N)cc1. The highest BCUT2D eigenvalue weighted by molar-refractivity contribution is 5.34. The predicted octanol–water partition coefficient (Wildman–Crippen LogP) is 2.74. The number of hydrogen-bond donors (Lipinski definition) is 0. The molecule has 0 saturated carbocycles. The van der Waals surface area contributed by atoms with Crippen LogP contribution >= 0.6 is 0 Å². The molecule has 0 amide bonds. The van der Waals surface area contributed by atoms with Gasteiger partial charge in [-0.25, -0.2) is 0 Å². The first-order valence-corrected chi connectivity index (χ1v) is 4.43. The molecule has 0 saturated heterocycles. The Bertz CT molecular complexity index is 297. The van der Waals surface area contributed by atoms with E-state index >= 15 is 0 Å². The normalized spacial score (nSPS) is 11.8. The Kier molecular flexibility index (Phi) is 3.33. The van der Waals surface area contributed by atoms with Crippen molar-refractivity contribution in [2.45, 2.75) is 26.4 Å². The number of nitrogens with zero attached hydrogens (tertiary/aromatic N) is 1. The van der Waals surface area contributed by atoms with Crippen LogP contribution in [0.2, 0.25) is 0 Å². The van der Waals surface area contributed by atoms with Crippen LogP contribution in [0.3, 0.4) is 0 Å². The van der Waals surface area contributed by atoms with Gasteiger partial charge in [0.2, 0.25) is 0 Å². The van der Waals surface area contributed by atoms with E-state index in [1.54, 1.807) is 12.1 Å². The quantitative estimate of drug-likeness (QED) is 0.707. The standard InChI is InChI=1S/C11H13NO/c1-3-9(2)13-11-6-4-10(8-12)5-7-11/h4-7,9H,3H2,1-2H3. The summed E-state index contributed by atoms with van der Waals surface area (Å²) in [6, 6.07) is 9.24. The van der Waals surface area contributed by atoms with E-state index in [0.29, 0.717) is 5.56 Å². The minimum atomic E-state index is 0.230. The molecule has 0 radical (unpaired) electrons. The smallest absolute Gasteiger partial charge is 0.119 e. The van der Waals surface area contributed by atoms with Gasteiger partial charge in [0.25, 0.3) is 0 Å². The van der Waals surface area contributed by atoms with Crippen molar-refractivity contribution >= 4 is 0 Å². The fourth-order valence-corrected chi connectivity index (χ4v) is 0.924. The van der Waals surface area contributed by atoms with E-state index in [4.69, 9.17) is 10.00 Å². The molecule has 0 aliphatic heterocycles. The van der Waals surface area contributed by atoms with Crippen molar-refractivity contribution in [2.24, 2.45) is 0 Å². The second-order valence-electron chi connectivity index (χ2n) is 2.97. The van der Waals surface area contributed by atoms with Crippen molar-refractivity contribution in [3.8, 4) is 11.8 Å². The molecule has 0 aliphatic carbocycles. The minimum Gasteiger partial charge on any atom is -0.491 e. The summed E-state index contributed by atoms with van der Waals surface area (Å²) in [5.41, 5.74) is 0.663. The first-order valence-electron chi connectivity index (χ1n) is 4.43. The van der Waals surface area contributed by atoms with Crippen LogP contribution in [0.1, 0.15) is 25.8 Å². The summed E-state index contributed by atoms with van der Waals surface area (Å²) < 4.78 is 5.55. The van der Waals surface area contributed by atoms with E-state index in [1.807, 2.05) is 19.1 Å². The van der Waals surface area contributed by atoms with Crippen LogP contribution in [-0.4, -0.2) is 6.10 Å². The van der Waals surface area contributed by atoms with Gasteiger partial charge >= 0.3 is 0 Å². The lowest BCUT2D eigenvalue weighted by Crippen LogP contribution is -2.09. The lowest BCUT2D eigenvalue weighted by Gasteiger charge is -2.11. The highest BCUT2D eigenvalue weighted by Gasteiger charge is 1.99. The molecule has 2 nitrogen and oxygen atoms in total. The molecule has 1 atom stereocenters. The van der Waals surface area contributed by atoms with Crippen molar-refractivity contribution < 1.29 is 4.74 Å². The number of nitriles is 1. The molecule has 0 aliphatic rings. The third-order valence-electron chi connectivity index (χ3n) is 1.90. The van der Waals surface area contributed by atoms with Gasteiger partial charge in [0.15, 0.2) is 0 Å². The van der Waals surface area contributed by atoms with E-state index in [2.05, 4.69) is 13.0 Å². The molecule has 1 aromatic rings. The average molecular weight is 175 g/mol. The fraction of sp³-hybridized carbons (Fsp3) is 0.364. The van der Waals surface area contributed by atoms with Crippen LogP contribution in [0.5, 0.6) is 5.75 Å². The molecule has 0 spiro atoms. The van der Waals surface area contributed by atoms with Crippen molar-refractivity contribution in [3.05, 3.63) is 29.8 Å². The summed E-state index contributed by atoms with van der Waals surface area (Å²) in [4.78, 5) is 0.